The summed E-state index contributed by atoms with van der Waals surface area (Å²) in [5.41, 5.74) is 1.73. The third-order valence-electron chi connectivity index (χ3n) is 2.81. The Balaban J connectivity index is 1.76. The summed E-state index contributed by atoms with van der Waals surface area (Å²) in [6, 6.07) is 5.01. The summed E-state index contributed by atoms with van der Waals surface area (Å²) in [7, 11) is 0. The second-order valence-electron chi connectivity index (χ2n) is 4.48. The third kappa shape index (κ3) is 3.73. The molecule has 1 aromatic rings. The van der Waals surface area contributed by atoms with Gasteiger partial charge in [0.05, 0.1) is 0 Å². The van der Waals surface area contributed by atoms with Crippen LogP contribution in [-0.4, -0.2) is 18.5 Å². The molecule has 0 aliphatic heterocycles. The Morgan fingerprint density at radius 2 is 2.24 bits per heavy atom. The smallest absolute Gasteiger partial charge is 0.221 e. The molecule has 4 heteroatoms. The molecule has 0 bridgehead atoms. The quantitative estimate of drug-likeness (QED) is 0.823. The van der Waals surface area contributed by atoms with Gasteiger partial charge in [-0.25, -0.2) is 4.39 Å². The van der Waals surface area contributed by atoms with E-state index >= 15 is 0 Å². The van der Waals surface area contributed by atoms with Gasteiger partial charge < -0.3 is 10.6 Å². The summed E-state index contributed by atoms with van der Waals surface area (Å²) < 4.78 is 13.0. The molecule has 92 valence electrons. The standard InChI is InChI=1S/C13H17FN2O/c1-9-2-3-10(14)8-12(9)15-7-6-13(17)16-11-4-5-11/h2-3,8,11,15H,4-7H2,1H3,(H,16,17). The summed E-state index contributed by atoms with van der Waals surface area (Å²) in [5.74, 6) is -0.199. The van der Waals surface area contributed by atoms with Gasteiger partial charge in [0.15, 0.2) is 0 Å². The lowest BCUT2D eigenvalue weighted by molar-refractivity contribution is -0.120. The van der Waals surface area contributed by atoms with Crippen LogP contribution in [0.15, 0.2) is 18.2 Å². The van der Waals surface area contributed by atoms with Crippen LogP contribution in [0.25, 0.3) is 0 Å². The van der Waals surface area contributed by atoms with Crippen molar-refractivity contribution in [2.75, 3.05) is 11.9 Å². The van der Waals surface area contributed by atoms with Gasteiger partial charge >= 0.3 is 0 Å². The van der Waals surface area contributed by atoms with Crippen molar-refractivity contribution < 1.29 is 9.18 Å². The molecule has 1 aliphatic carbocycles. The minimum Gasteiger partial charge on any atom is -0.384 e. The monoisotopic (exact) mass is 236 g/mol. The lowest BCUT2D eigenvalue weighted by atomic mass is 10.2. The number of anilines is 1. The zero-order valence-electron chi connectivity index (χ0n) is 9.92. The van der Waals surface area contributed by atoms with E-state index < -0.39 is 0 Å². The summed E-state index contributed by atoms with van der Waals surface area (Å²) >= 11 is 0. The van der Waals surface area contributed by atoms with Crippen LogP contribution in [0.3, 0.4) is 0 Å². The van der Waals surface area contributed by atoms with E-state index in [2.05, 4.69) is 10.6 Å². The maximum atomic E-state index is 13.0. The highest BCUT2D eigenvalue weighted by molar-refractivity contribution is 5.77. The van der Waals surface area contributed by atoms with Gasteiger partial charge in [0.1, 0.15) is 5.82 Å². The van der Waals surface area contributed by atoms with E-state index in [1.165, 1.54) is 12.1 Å². The fourth-order valence-electron chi connectivity index (χ4n) is 1.62. The topological polar surface area (TPSA) is 41.1 Å². The summed E-state index contributed by atoms with van der Waals surface area (Å²) in [5, 5.41) is 5.99. The summed E-state index contributed by atoms with van der Waals surface area (Å²) in [6.07, 6.45) is 2.62. The first-order valence-electron chi connectivity index (χ1n) is 5.94. The Kier molecular flexibility index (Phi) is 3.61. The molecule has 0 unspecified atom stereocenters. The van der Waals surface area contributed by atoms with E-state index in [9.17, 15) is 9.18 Å². The lowest BCUT2D eigenvalue weighted by Crippen LogP contribution is -2.27. The molecule has 0 saturated heterocycles. The fourth-order valence-corrected chi connectivity index (χ4v) is 1.62. The number of carbonyl (C=O) groups excluding carboxylic acids is 1. The molecular weight excluding hydrogens is 219 g/mol. The second-order valence-corrected chi connectivity index (χ2v) is 4.48. The van der Waals surface area contributed by atoms with Crippen molar-refractivity contribution >= 4 is 11.6 Å². The van der Waals surface area contributed by atoms with Crippen molar-refractivity contribution in [2.45, 2.75) is 32.2 Å². The third-order valence-corrected chi connectivity index (χ3v) is 2.81. The maximum Gasteiger partial charge on any atom is 0.221 e. The number of rotatable bonds is 5. The van der Waals surface area contributed by atoms with Crippen LogP contribution in [0.4, 0.5) is 10.1 Å². The number of halogens is 1. The van der Waals surface area contributed by atoms with Crippen LogP contribution in [0.2, 0.25) is 0 Å². The van der Waals surface area contributed by atoms with Crippen molar-refractivity contribution in [1.29, 1.82) is 0 Å². The van der Waals surface area contributed by atoms with Crippen molar-refractivity contribution in [3.63, 3.8) is 0 Å². The summed E-state index contributed by atoms with van der Waals surface area (Å²) in [6.45, 7) is 2.44. The Morgan fingerprint density at radius 3 is 2.94 bits per heavy atom. The largest absolute Gasteiger partial charge is 0.384 e. The van der Waals surface area contributed by atoms with E-state index in [1.807, 2.05) is 6.92 Å². The molecule has 0 atom stereocenters. The van der Waals surface area contributed by atoms with Crippen LogP contribution < -0.4 is 10.6 Å². The molecule has 1 amide bonds. The van der Waals surface area contributed by atoms with Gasteiger partial charge in [-0.3, -0.25) is 4.79 Å². The zero-order chi connectivity index (χ0) is 12.3. The van der Waals surface area contributed by atoms with Crippen molar-refractivity contribution in [3.8, 4) is 0 Å². The van der Waals surface area contributed by atoms with Crippen LogP contribution in [0.5, 0.6) is 0 Å². The van der Waals surface area contributed by atoms with E-state index in [0.29, 0.717) is 19.0 Å². The van der Waals surface area contributed by atoms with Crippen LogP contribution in [-0.2, 0) is 4.79 Å². The SMILES string of the molecule is Cc1ccc(F)cc1NCCC(=O)NC1CC1. The predicted molar refractivity (Wildman–Crippen MR) is 65.4 cm³/mol. The highest BCUT2D eigenvalue weighted by Gasteiger charge is 2.22. The molecule has 0 aromatic heterocycles. The normalized spacial score (nSPS) is 14.5. The predicted octanol–water partition coefficient (Wildman–Crippen LogP) is 2.21. The van der Waals surface area contributed by atoms with E-state index in [4.69, 9.17) is 0 Å². The number of hydrogen-bond donors (Lipinski definition) is 2. The number of carbonyl (C=O) groups is 1. The molecule has 0 spiro atoms. The molecule has 1 aromatic carbocycles. The van der Waals surface area contributed by atoms with Crippen molar-refractivity contribution in [1.82, 2.24) is 5.32 Å². The van der Waals surface area contributed by atoms with Gasteiger partial charge in [-0.2, -0.15) is 0 Å². The highest BCUT2D eigenvalue weighted by atomic mass is 19.1. The first kappa shape index (κ1) is 11.9. The molecule has 1 aliphatic rings. The minimum atomic E-state index is -0.263. The molecule has 1 fully saturated rings. The van der Waals surface area contributed by atoms with Gasteiger partial charge in [0.2, 0.25) is 5.91 Å². The summed E-state index contributed by atoms with van der Waals surface area (Å²) in [4.78, 5) is 11.4. The van der Waals surface area contributed by atoms with Gasteiger partial charge in [0, 0.05) is 24.7 Å². The first-order valence-corrected chi connectivity index (χ1v) is 5.94. The molecule has 2 rings (SSSR count). The average Bonchev–Trinajstić information content (AvgIpc) is 3.07. The van der Waals surface area contributed by atoms with Gasteiger partial charge in [-0.15, -0.1) is 0 Å². The molecule has 17 heavy (non-hydrogen) atoms. The molecule has 0 radical (unpaired) electrons. The Labute approximate surface area is 100 Å². The average molecular weight is 236 g/mol. The molecule has 2 N–H and O–H groups in total. The van der Waals surface area contributed by atoms with Crippen LogP contribution in [0.1, 0.15) is 24.8 Å². The molecular formula is C13H17FN2O. The first-order chi connectivity index (χ1) is 8.15. The number of aryl methyl sites for hydroxylation is 1. The number of nitrogens with one attached hydrogen (secondary N) is 2. The van der Waals surface area contributed by atoms with Crippen molar-refractivity contribution in [3.05, 3.63) is 29.6 Å². The van der Waals surface area contributed by atoms with Crippen LogP contribution >= 0.6 is 0 Å². The zero-order valence-corrected chi connectivity index (χ0v) is 9.92. The van der Waals surface area contributed by atoms with E-state index in [-0.39, 0.29) is 11.7 Å². The lowest BCUT2D eigenvalue weighted by Gasteiger charge is -2.09. The van der Waals surface area contributed by atoms with Gasteiger partial charge in [0.25, 0.3) is 0 Å². The van der Waals surface area contributed by atoms with Crippen molar-refractivity contribution in [2.24, 2.45) is 0 Å². The molecule has 0 heterocycles. The van der Waals surface area contributed by atoms with Crippen LogP contribution in [0, 0.1) is 12.7 Å². The maximum absolute atomic E-state index is 13.0. The number of benzene rings is 1. The van der Waals surface area contributed by atoms with E-state index in [1.54, 1.807) is 6.07 Å². The minimum absolute atomic E-state index is 0.0639. The number of amides is 1. The number of hydrogen-bond acceptors (Lipinski definition) is 2. The molecule has 1 saturated carbocycles. The Hall–Kier alpha value is -1.58. The highest BCUT2D eigenvalue weighted by Crippen LogP contribution is 2.19. The Bertz CT molecular complexity index is 416. The fraction of sp³-hybridized carbons (Fsp3) is 0.462. The van der Waals surface area contributed by atoms with Gasteiger partial charge in [-0.1, -0.05) is 6.07 Å². The van der Waals surface area contributed by atoms with Gasteiger partial charge in [-0.05, 0) is 37.5 Å². The van der Waals surface area contributed by atoms with E-state index in [0.717, 1.165) is 24.1 Å². The second kappa shape index (κ2) is 5.17. The molecule has 3 nitrogen and oxygen atoms in total. The Morgan fingerprint density at radius 1 is 1.47 bits per heavy atom.